The summed E-state index contributed by atoms with van der Waals surface area (Å²) >= 11 is 0. The number of hydrogen-bond acceptors (Lipinski definition) is 5. The van der Waals surface area contributed by atoms with E-state index in [1.54, 1.807) is 21.3 Å². The van der Waals surface area contributed by atoms with Crippen molar-refractivity contribution in [3.63, 3.8) is 0 Å². The molecule has 0 unspecified atom stereocenters. The van der Waals surface area contributed by atoms with E-state index in [0.717, 1.165) is 31.3 Å². The van der Waals surface area contributed by atoms with E-state index in [1.165, 1.54) is 5.57 Å². The highest BCUT2D eigenvalue weighted by atomic mass is 16.8. The van der Waals surface area contributed by atoms with Gasteiger partial charge in [0.05, 0.1) is 17.3 Å². The average Bonchev–Trinajstić information content (AvgIpc) is 3.32. The summed E-state index contributed by atoms with van der Waals surface area (Å²) in [5.41, 5.74) is 1.98. The first-order chi connectivity index (χ1) is 13.2. The van der Waals surface area contributed by atoms with E-state index in [2.05, 4.69) is 25.7 Å². The lowest BCUT2D eigenvalue weighted by atomic mass is 9.75. The van der Waals surface area contributed by atoms with E-state index in [-0.39, 0.29) is 29.3 Å². The Morgan fingerprint density at radius 1 is 1.18 bits per heavy atom. The molecule has 2 saturated heterocycles. The van der Waals surface area contributed by atoms with Crippen LogP contribution in [-0.4, -0.2) is 51.2 Å². The molecule has 0 amide bonds. The molecule has 0 radical (unpaired) electrons. The van der Waals surface area contributed by atoms with Crippen LogP contribution in [0.5, 0.6) is 0 Å². The molecular weight excluding hydrogens is 356 g/mol. The maximum atomic E-state index is 6.18. The van der Waals surface area contributed by atoms with Crippen molar-refractivity contribution in [3.05, 3.63) is 36.0 Å². The lowest BCUT2D eigenvalue weighted by Gasteiger charge is -2.43. The molecule has 1 aliphatic carbocycles. The molecule has 3 rings (SSSR count). The molecule has 0 aromatic heterocycles. The Kier molecular flexibility index (Phi) is 6.52. The summed E-state index contributed by atoms with van der Waals surface area (Å²) in [6.45, 7) is 10.7. The van der Waals surface area contributed by atoms with Crippen LogP contribution in [0.3, 0.4) is 0 Å². The summed E-state index contributed by atoms with van der Waals surface area (Å²) in [4.78, 5) is 0. The first-order valence-electron chi connectivity index (χ1n) is 10.3. The van der Waals surface area contributed by atoms with Crippen molar-refractivity contribution in [3.8, 4) is 0 Å². The molecule has 0 aromatic carbocycles. The smallest absolute Gasteiger partial charge is 0.183 e. The molecule has 28 heavy (non-hydrogen) atoms. The lowest BCUT2D eigenvalue weighted by Crippen LogP contribution is -2.45. The van der Waals surface area contributed by atoms with Crippen molar-refractivity contribution in [1.29, 1.82) is 0 Å². The maximum Gasteiger partial charge on any atom is 0.183 e. The molecule has 0 N–H and O–H groups in total. The average molecular weight is 393 g/mol. The highest BCUT2D eigenvalue weighted by Gasteiger charge is 2.54. The monoisotopic (exact) mass is 392 g/mol. The van der Waals surface area contributed by atoms with Crippen LogP contribution in [0.4, 0.5) is 0 Å². The second-order valence-electron chi connectivity index (χ2n) is 8.93. The first kappa shape index (κ1) is 21.7. The van der Waals surface area contributed by atoms with Gasteiger partial charge in [0, 0.05) is 27.2 Å². The quantitative estimate of drug-likeness (QED) is 0.513. The van der Waals surface area contributed by atoms with Crippen LogP contribution in [0.1, 0.15) is 46.5 Å². The number of rotatable bonds is 5. The fraction of sp³-hybridized carbons (Fsp3) is 0.739. The number of fused-ring (bicyclic) bond motifs is 2. The van der Waals surface area contributed by atoms with Gasteiger partial charge in [0.15, 0.2) is 12.6 Å². The molecule has 0 spiro atoms. The van der Waals surface area contributed by atoms with Crippen molar-refractivity contribution in [2.45, 2.75) is 76.3 Å². The van der Waals surface area contributed by atoms with Crippen molar-refractivity contribution < 1.29 is 23.7 Å². The van der Waals surface area contributed by atoms with Crippen molar-refractivity contribution in [2.75, 3.05) is 21.3 Å². The zero-order valence-electron chi connectivity index (χ0n) is 18.2. The second kappa shape index (κ2) is 8.41. The largest absolute Gasteiger partial charge is 0.375 e. The van der Waals surface area contributed by atoms with E-state index >= 15 is 0 Å². The maximum absolute atomic E-state index is 6.18. The van der Waals surface area contributed by atoms with Gasteiger partial charge >= 0.3 is 0 Å². The highest BCUT2D eigenvalue weighted by Crippen LogP contribution is 2.51. The number of hydrogen-bond donors (Lipinski definition) is 0. The third-order valence-electron chi connectivity index (χ3n) is 6.63. The van der Waals surface area contributed by atoms with Gasteiger partial charge < -0.3 is 23.7 Å². The molecule has 6 atom stereocenters. The first-order valence-corrected chi connectivity index (χ1v) is 10.3. The van der Waals surface area contributed by atoms with E-state index < -0.39 is 6.29 Å². The van der Waals surface area contributed by atoms with Crippen molar-refractivity contribution >= 4 is 0 Å². The third kappa shape index (κ3) is 4.44. The van der Waals surface area contributed by atoms with Gasteiger partial charge in [0.2, 0.25) is 0 Å². The Balaban J connectivity index is 1.94. The molecule has 0 bridgehead atoms. The topological polar surface area (TPSA) is 49.5 Å². The third-order valence-corrected chi connectivity index (χ3v) is 6.63. The van der Waals surface area contributed by atoms with Crippen LogP contribution in [-0.2, 0) is 23.7 Å². The van der Waals surface area contributed by atoms with Crippen LogP contribution < -0.4 is 0 Å². The van der Waals surface area contributed by atoms with Gasteiger partial charge in [-0.1, -0.05) is 30.4 Å². The molecule has 1 saturated carbocycles. The zero-order valence-corrected chi connectivity index (χ0v) is 18.2. The van der Waals surface area contributed by atoms with Crippen LogP contribution in [0.25, 0.3) is 0 Å². The predicted molar refractivity (Wildman–Crippen MR) is 109 cm³/mol. The van der Waals surface area contributed by atoms with Crippen LogP contribution >= 0.6 is 0 Å². The molecule has 158 valence electrons. The van der Waals surface area contributed by atoms with E-state index in [4.69, 9.17) is 23.7 Å². The zero-order chi connectivity index (χ0) is 20.5. The van der Waals surface area contributed by atoms with Gasteiger partial charge in [-0.15, -0.1) is 0 Å². The standard InChI is InChI=1S/C23H36O5/c1-15-10-11-18-23(4,28-18)14-12-16-17(9-8-13-22(2,3)26-7)20(24-5)27-21(25-6)19(15)16/h8-9,13,16,18-21H,1,10-12,14H2,2-7H3/b13-8+,17-9-/t16-,18-,19+,20+,21+,23+/m1/s1. The fourth-order valence-electron chi connectivity index (χ4n) is 4.54. The minimum atomic E-state index is -0.432. The summed E-state index contributed by atoms with van der Waals surface area (Å²) in [6, 6.07) is 0. The fourth-order valence-corrected chi connectivity index (χ4v) is 4.54. The number of ether oxygens (including phenoxy) is 5. The Morgan fingerprint density at radius 2 is 1.93 bits per heavy atom. The molecule has 0 aromatic rings. The van der Waals surface area contributed by atoms with Crippen LogP contribution in [0.15, 0.2) is 36.0 Å². The van der Waals surface area contributed by atoms with Crippen molar-refractivity contribution in [1.82, 2.24) is 0 Å². The molecule has 5 heteroatoms. The van der Waals surface area contributed by atoms with Gasteiger partial charge in [0.25, 0.3) is 0 Å². The van der Waals surface area contributed by atoms with Gasteiger partial charge in [0.1, 0.15) is 0 Å². The van der Waals surface area contributed by atoms with Gasteiger partial charge in [-0.3, -0.25) is 0 Å². The minimum Gasteiger partial charge on any atom is -0.375 e. The number of epoxide rings is 1. The highest BCUT2D eigenvalue weighted by molar-refractivity contribution is 5.26. The van der Waals surface area contributed by atoms with Gasteiger partial charge in [-0.2, -0.15) is 0 Å². The summed E-state index contributed by atoms with van der Waals surface area (Å²) in [5.74, 6) is 0.360. The van der Waals surface area contributed by atoms with Gasteiger partial charge in [-0.05, 0) is 57.9 Å². The Hall–Kier alpha value is -0.980. The molecule has 5 nitrogen and oxygen atoms in total. The Labute approximate surface area is 169 Å². The normalized spacial score (nSPS) is 40.6. The minimum absolute atomic E-state index is 0.00238. The second-order valence-corrected chi connectivity index (χ2v) is 8.93. The lowest BCUT2D eigenvalue weighted by molar-refractivity contribution is -0.256. The van der Waals surface area contributed by atoms with Crippen LogP contribution in [0.2, 0.25) is 0 Å². The van der Waals surface area contributed by atoms with E-state index in [1.807, 2.05) is 19.9 Å². The predicted octanol–water partition coefficient (Wildman–Crippen LogP) is 4.39. The summed E-state index contributed by atoms with van der Waals surface area (Å²) in [6.07, 6.45) is 9.75. The molecular formula is C23H36O5. The number of allylic oxidation sites excluding steroid dienone is 2. The summed E-state index contributed by atoms with van der Waals surface area (Å²) < 4.78 is 29.1. The van der Waals surface area contributed by atoms with Gasteiger partial charge in [-0.25, -0.2) is 0 Å². The van der Waals surface area contributed by atoms with E-state index in [9.17, 15) is 0 Å². The molecule has 3 fully saturated rings. The molecule has 2 aliphatic heterocycles. The van der Waals surface area contributed by atoms with Crippen LogP contribution in [0, 0.1) is 11.8 Å². The summed E-state index contributed by atoms with van der Waals surface area (Å²) in [5, 5.41) is 0. The van der Waals surface area contributed by atoms with Crippen molar-refractivity contribution in [2.24, 2.45) is 11.8 Å². The summed E-state index contributed by atoms with van der Waals surface area (Å²) in [7, 11) is 5.10. The van der Waals surface area contributed by atoms with E-state index in [0.29, 0.717) is 6.10 Å². The Bertz CT molecular complexity index is 637. The Morgan fingerprint density at radius 3 is 2.57 bits per heavy atom. The SMILES string of the molecule is C=C1CC[C@H]2O[C@@]2(C)CC[C@@H]2/C(=C/C=C/C(C)(C)OC)[C@@H](OC)O[C@H](OC)[C@@H]12. The molecule has 2 heterocycles. The molecule has 3 aliphatic rings. The number of methoxy groups -OCH3 is 3.